The number of phosphoric ester groups is 1. The Balaban J connectivity index is 0. The number of aliphatic hydroxyl groups excluding tert-OH is 2. The van der Waals surface area contributed by atoms with E-state index in [9.17, 15) is 44.3 Å². The van der Waals surface area contributed by atoms with Gasteiger partial charge < -0.3 is 10.2 Å². The van der Waals surface area contributed by atoms with Gasteiger partial charge >= 0.3 is 38.6 Å². The third kappa shape index (κ3) is 16.1. The van der Waals surface area contributed by atoms with Crippen LogP contribution in [0.25, 0.3) is 0 Å². The van der Waals surface area contributed by atoms with E-state index >= 15 is 0 Å². The van der Waals surface area contributed by atoms with Crippen molar-refractivity contribution in [3.05, 3.63) is 0 Å². The zero-order valence-electron chi connectivity index (χ0n) is 17.9. The van der Waals surface area contributed by atoms with Crippen LogP contribution in [0.5, 0.6) is 0 Å². The molecule has 1 aliphatic rings. The smallest absolute Gasteiger partial charge is 0.391 e. The lowest BCUT2D eigenvalue weighted by Gasteiger charge is -2.17. The molecule has 4 atom stereocenters. The van der Waals surface area contributed by atoms with Gasteiger partial charge in [0.15, 0.2) is 0 Å². The highest BCUT2D eigenvalue weighted by atomic mass is 35.9. The number of hydrogen-bond donors (Lipinski definition) is 2. The summed E-state index contributed by atoms with van der Waals surface area (Å²) in [6.45, 7) is 2.61. The van der Waals surface area contributed by atoms with Gasteiger partial charge in [0.05, 0.1) is 24.4 Å². The highest BCUT2D eigenvalue weighted by Gasteiger charge is 2.48. The summed E-state index contributed by atoms with van der Waals surface area (Å²) in [6, 6.07) is 0. The van der Waals surface area contributed by atoms with Gasteiger partial charge in [0.2, 0.25) is 0 Å². The van der Waals surface area contributed by atoms with Gasteiger partial charge in [-0.25, -0.2) is 22.1 Å². The van der Waals surface area contributed by atoms with Crippen LogP contribution in [0, 0.1) is 0 Å². The number of aliphatic hydroxyl groups is 2. The van der Waals surface area contributed by atoms with Gasteiger partial charge in [0.25, 0.3) is 0 Å². The lowest BCUT2D eigenvalue weighted by atomic mass is 10.3. The van der Waals surface area contributed by atoms with E-state index in [1.165, 1.54) is 13.8 Å². The average molecular weight is 605 g/mol. The molecule has 1 rings (SSSR count). The van der Waals surface area contributed by atoms with E-state index in [0.29, 0.717) is 0 Å². The molecule has 1 fully saturated rings. The van der Waals surface area contributed by atoms with Crippen molar-refractivity contribution in [2.24, 2.45) is 0 Å². The Morgan fingerprint density at radius 1 is 0.912 bits per heavy atom. The fourth-order valence-electron chi connectivity index (χ4n) is 1.12. The summed E-state index contributed by atoms with van der Waals surface area (Å²) in [7, 11) is -4.13. The van der Waals surface area contributed by atoms with Gasteiger partial charge in [-0.1, -0.05) is 0 Å². The number of rotatable bonds is 9. The molecule has 8 nitrogen and oxygen atoms in total. The molecule has 0 bridgehead atoms. The third-order valence-electron chi connectivity index (χ3n) is 3.41. The van der Waals surface area contributed by atoms with E-state index in [0.717, 1.165) is 0 Å². The Labute approximate surface area is 199 Å². The zero-order valence-corrected chi connectivity index (χ0v) is 21.2. The summed E-state index contributed by atoms with van der Waals surface area (Å²) in [5, 5.41) is 16.8. The van der Waals surface area contributed by atoms with Gasteiger partial charge in [-0.05, 0) is 50.2 Å². The fourth-order valence-corrected chi connectivity index (χ4v) is 3.39. The van der Waals surface area contributed by atoms with Gasteiger partial charge in [0.1, 0.15) is 13.2 Å². The van der Waals surface area contributed by atoms with E-state index in [2.05, 4.69) is 40.6 Å². The SMILES string of the molecule is CC(O)C(C)O.CC1OP(=O)(OCC(F)(F)C(F)F)OC1C.O=P(Cl)(Cl)OCC(F)(F)C(F)F. The van der Waals surface area contributed by atoms with Crippen LogP contribution < -0.4 is 0 Å². The third-order valence-corrected chi connectivity index (χ3v) is 6.05. The topological polar surface area (TPSA) is 112 Å². The van der Waals surface area contributed by atoms with Crippen molar-refractivity contribution < 1.29 is 72.6 Å². The molecule has 2 N–H and O–H groups in total. The van der Waals surface area contributed by atoms with E-state index in [1.54, 1.807) is 13.8 Å². The Bertz CT molecular complexity index is 664. The van der Waals surface area contributed by atoms with Crippen molar-refractivity contribution in [2.45, 2.75) is 76.8 Å². The van der Waals surface area contributed by atoms with Crippen molar-refractivity contribution in [2.75, 3.05) is 13.2 Å². The van der Waals surface area contributed by atoms with Crippen molar-refractivity contribution >= 4 is 36.4 Å². The molecule has 0 saturated carbocycles. The molecule has 0 aliphatic carbocycles. The second-order valence-electron chi connectivity index (χ2n) is 6.63. The summed E-state index contributed by atoms with van der Waals surface area (Å²) in [4.78, 5) is 0. The standard InChI is InChI=1S/C7H11F4O4P.C4H10O2.C3H3Cl2F4O2P/c1-4-5(2)15-16(12,14-4)13-3-7(10,11)6(8)9;1-3(5)4(2)6;4-12(5,10)11-1-3(8,9)2(6)7/h4-6H,3H2,1-2H3;3-6H,1-2H3;2H,1H2. The molecule has 208 valence electrons. The second-order valence-corrected chi connectivity index (χ2v) is 12.5. The van der Waals surface area contributed by atoms with Crippen LogP contribution in [0.3, 0.4) is 0 Å². The largest absolute Gasteiger partial charge is 0.475 e. The van der Waals surface area contributed by atoms with Crippen molar-refractivity contribution in [1.82, 2.24) is 0 Å². The minimum absolute atomic E-state index is 0.593. The quantitative estimate of drug-likeness (QED) is 0.241. The fraction of sp³-hybridized carbons (Fsp3) is 1.00. The molecule has 0 aromatic heterocycles. The van der Waals surface area contributed by atoms with Crippen LogP contribution in [0.4, 0.5) is 35.1 Å². The molecule has 0 aromatic carbocycles. The maximum absolute atomic E-state index is 12.5. The molecule has 4 unspecified atom stereocenters. The van der Waals surface area contributed by atoms with Crippen LogP contribution in [0.1, 0.15) is 27.7 Å². The Kier molecular flexibility index (Phi) is 15.9. The van der Waals surface area contributed by atoms with E-state index in [1.807, 2.05) is 0 Å². The van der Waals surface area contributed by atoms with Crippen LogP contribution in [-0.4, -0.2) is 72.5 Å². The molecule has 34 heavy (non-hydrogen) atoms. The molecule has 0 amide bonds. The predicted octanol–water partition coefficient (Wildman–Crippen LogP) is 6.07. The van der Waals surface area contributed by atoms with Gasteiger partial charge in [-0.3, -0.25) is 22.7 Å². The van der Waals surface area contributed by atoms with Gasteiger partial charge in [-0.15, -0.1) is 0 Å². The van der Waals surface area contributed by atoms with E-state index in [-0.39, 0.29) is 0 Å². The monoisotopic (exact) mass is 604 g/mol. The summed E-state index contributed by atoms with van der Waals surface area (Å²) < 4.78 is 134. The van der Waals surface area contributed by atoms with E-state index in [4.69, 9.17) is 10.2 Å². The average Bonchev–Trinajstić information content (AvgIpc) is 2.91. The molecule has 0 spiro atoms. The first-order chi connectivity index (χ1) is 15.0. The number of phosphoric acid groups is 1. The molecule has 1 saturated heterocycles. The predicted molar refractivity (Wildman–Crippen MR) is 105 cm³/mol. The minimum atomic E-state index is -4.39. The van der Waals surface area contributed by atoms with Gasteiger partial charge in [-0.2, -0.15) is 17.6 Å². The molecule has 0 radical (unpaired) electrons. The summed E-state index contributed by atoms with van der Waals surface area (Å²) in [5.74, 6) is -8.77. The van der Waals surface area contributed by atoms with Crippen LogP contribution in [0.2, 0.25) is 0 Å². The minimum Gasteiger partial charge on any atom is -0.391 e. The summed E-state index contributed by atoms with van der Waals surface area (Å²) in [6.07, 6.45) is -14.4. The first-order valence-electron chi connectivity index (χ1n) is 8.89. The zero-order chi connectivity index (χ0) is 27.7. The molecule has 1 aliphatic heterocycles. The number of hydrogen-bond acceptors (Lipinski definition) is 8. The Morgan fingerprint density at radius 2 is 1.24 bits per heavy atom. The lowest BCUT2D eigenvalue weighted by molar-refractivity contribution is -0.151. The Hall–Kier alpha value is 0.240. The molecule has 1 heterocycles. The molecule has 20 heteroatoms. The molecular formula is C14H24Cl2F8O8P2. The first-order valence-corrected chi connectivity index (χ1v) is 13.8. The summed E-state index contributed by atoms with van der Waals surface area (Å²) in [5.41, 5.74) is 0. The van der Waals surface area contributed by atoms with Crippen molar-refractivity contribution in [1.29, 1.82) is 0 Å². The maximum Gasteiger partial charge on any atom is 0.475 e. The summed E-state index contributed by atoms with van der Waals surface area (Å²) >= 11 is 9.33. The van der Waals surface area contributed by atoms with Crippen LogP contribution in [-0.2, 0) is 27.2 Å². The van der Waals surface area contributed by atoms with Crippen molar-refractivity contribution in [3.63, 3.8) is 0 Å². The van der Waals surface area contributed by atoms with Crippen LogP contribution >= 0.6 is 36.4 Å². The normalized spacial score (nSPS) is 25.4. The van der Waals surface area contributed by atoms with Gasteiger partial charge in [0, 0.05) is 0 Å². The second kappa shape index (κ2) is 14.8. The lowest BCUT2D eigenvalue weighted by Crippen LogP contribution is -2.31. The highest BCUT2D eigenvalue weighted by molar-refractivity contribution is 8.05. The number of alkyl halides is 8. The number of halogens is 10. The van der Waals surface area contributed by atoms with E-state index < -0.39 is 76.2 Å². The molecule has 0 aromatic rings. The maximum atomic E-state index is 12.5. The van der Waals surface area contributed by atoms with Crippen molar-refractivity contribution in [3.8, 4) is 0 Å². The Morgan fingerprint density at radius 3 is 1.50 bits per heavy atom. The highest BCUT2D eigenvalue weighted by Crippen LogP contribution is 2.58. The van der Waals surface area contributed by atoms with Crippen LogP contribution in [0.15, 0.2) is 0 Å². The molecular weight excluding hydrogens is 581 g/mol. The first kappa shape index (κ1) is 36.4.